The maximum atomic E-state index is 10.7. The Bertz CT molecular complexity index is 861. The van der Waals surface area contributed by atoms with E-state index in [9.17, 15) is 4.79 Å². The Balaban J connectivity index is 0.000000266. The van der Waals surface area contributed by atoms with E-state index in [1.807, 2.05) is 49.5 Å². The number of nitrogens with two attached hydrogens (primary N) is 2. The molecule has 3 rings (SSSR count). The van der Waals surface area contributed by atoms with Crippen LogP contribution in [0.15, 0.2) is 42.5 Å². The molecule has 150 valence electrons. The third-order valence-electron chi connectivity index (χ3n) is 4.28. The van der Waals surface area contributed by atoms with Gasteiger partial charge in [0.15, 0.2) is 12.1 Å². The highest BCUT2D eigenvalue weighted by molar-refractivity contribution is 5.85. The molecule has 0 saturated carbocycles. The molecule has 0 bridgehead atoms. The van der Waals surface area contributed by atoms with Gasteiger partial charge in [-0.1, -0.05) is 18.2 Å². The molecule has 0 amide bonds. The molecule has 7 heteroatoms. The molecule has 28 heavy (non-hydrogen) atoms. The fourth-order valence-electron chi connectivity index (χ4n) is 2.79. The Morgan fingerprint density at radius 2 is 1.93 bits per heavy atom. The summed E-state index contributed by atoms with van der Waals surface area (Å²) in [5, 5.41) is 3.01. The summed E-state index contributed by atoms with van der Waals surface area (Å²) >= 11 is 0. The van der Waals surface area contributed by atoms with Gasteiger partial charge in [0, 0.05) is 12.6 Å². The van der Waals surface area contributed by atoms with Crippen LogP contribution in [0.1, 0.15) is 23.5 Å². The molecule has 1 aromatic heterocycles. The van der Waals surface area contributed by atoms with Crippen molar-refractivity contribution in [1.29, 1.82) is 0 Å². The summed E-state index contributed by atoms with van der Waals surface area (Å²) < 4.78 is 5.14. The largest absolute Gasteiger partial charge is 0.497 e. The third-order valence-corrected chi connectivity index (χ3v) is 4.28. The van der Waals surface area contributed by atoms with Crippen LogP contribution >= 0.6 is 0 Å². The minimum Gasteiger partial charge on any atom is -0.497 e. The van der Waals surface area contributed by atoms with E-state index in [2.05, 4.69) is 15.3 Å². The van der Waals surface area contributed by atoms with Crippen molar-refractivity contribution in [1.82, 2.24) is 15.3 Å². The number of rotatable bonds is 8. The Hall–Kier alpha value is -2.74. The van der Waals surface area contributed by atoms with Gasteiger partial charge in [-0.3, -0.25) is 4.79 Å². The van der Waals surface area contributed by atoms with Crippen molar-refractivity contribution in [3.05, 3.63) is 48.3 Å². The second-order valence-electron chi connectivity index (χ2n) is 6.45. The summed E-state index contributed by atoms with van der Waals surface area (Å²) in [5.41, 5.74) is 14.8. The summed E-state index contributed by atoms with van der Waals surface area (Å²) in [6.45, 7) is 1.64. The zero-order chi connectivity index (χ0) is 20.4. The van der Waals surface area contributed by atoms with Gasteiger partial charge in [-0.25, -0.2) is 4.98 Å². The summed E-state index contributed by atoms with van der Waals surface area (Å²) in [6.07, 6.45) is 2.77. The number of aldehydes is 1. The fourth-order valence-corrected chi connectivity index (χ4v) is 2.79. The van der Waals surface area contributed by atoms with Gasteiger partial charge >= 0.3 is 0 Å². The van der Waals surface area contributed by atoms with Gasteiger partial charge in [-0.05, 0) is 61.8 Å². The van der Waals surface area contributed by atoms with Crippen LogP contribution in [-0.4, -0.2) is 49.5 Å². The number of carbonyl (C=O) groups excluding carboxylic acids is 1. The number of hydrogen-bond acceptors (Lipinski definition) is 6. The molecule has 0 aliphatic heterocycles. The zero-order valence-electron chi connectivity index (χ0n) is 16.4. The van der Waals surface area contributed by atoms with Crippen LogP contribution < -0.4 is 21.5 Å². The van der Waals surface area contributed by atoms with E-state index in [0.717, 1.165) is 53.8 Å². The fraction of sp³-hybridized carbons (Fsp3) is 0.333. The number of nitrogens with one attached hydrogen (secondary N) is 2. The Kier molecular flexibility index (Phi) is 8.61. The van der Waals surface area contributed by atoms with Crippen molar-refractivity contribution in [3.63, 3.8) is 0 Å². The maximum absolute atomic E-state index is 10.7. The molecular formula is C21H29N5O2. The molecular weight excluding hydrogens is 354 g/mol. The van der Waals surface area contributed by atoms with E-state index in [1.165, 1.54) is 0 Å². The number of aromatic amines is 1. The Morgan fingerprint density at radius 1 is 1.21 bits per heavy atom. The van der Waals surface area contributed by atoms with Crippen LogP contribution in [0.2, 0.25) is 0 Å². The molecule has 1 unspecified atom stereocenters. The van der Waals surface area contributed by atoms with Crippen molar-refractivity contribution >= 4 is 17.3 Å². The van der Waals surface area contributed by atoms with Gasteiger partial charge in [0.2, 0.25) is 0 Å². The maximum Gasteiger partial charge on any atom is 0.185 e. The van der Waals surface area contributed by atoms with Crippen LogP contribution in [0.5, 0.6) is 5.75 Å². The third kappa shape index (κ3) is 6.16. The minimum atomic E-state index is 0.276. The number of nitrogens with zero attached hydrogens (tertiary/aromatic N) is 1. The molecule has 7 nitrogen and oxygen atoms in total. The minimum absolute atomic E-state index is 0.276. The number of hydrogen-bond donors (Lipinski definition) is 4. The predicted molar refractivity (Wildman–Crippen MR) is 114 cm³/mol. The van der Waals surface area contributed by atoms with Gasteiger partial charge in [-0.15, -0.1) is 0 Å². The van der Waals surface area contributed by atoms with E-state index in [-0.39, 0.29) is 6.04 Å². The van der Waals surface area contributed by atoms with Crippen LogP contribution in [0, 0.1) is 0 Å². The monoisotopic (exact) mass is 383 g/mol. The van der Waals surface area contributed by atoms with Gasteiger partial charge < -0.3 is 26.5 Å². The van der Waals surface area contributed by atoms with Crippen LogP contribution in [-0.2, 0) is 0 Å². The highest BCUT2D eigenvalue weighted by Gasteiger charge is 2.04. The lowest BCUT2D eigenvalue weighted by Gasteiger charge is -2.08. The van der Waals surface area contributed by atoms with Crippen molar-refractivity contribution < 1.29 is 9.53 Å². The topological polar surface area (TPSA) is 119 Å². The zero-order valence-corrected chi connectivity index (χ0v) is 16.4. The summed E-state index contributed by atoms with van der Waals surface area (Å²) in [6, 6.07) is 14.0. The first-order chi connectivity index (χ1) is 13.6. The second-order valence-corrected chi connectivity index (χ2v) is 6.45. The number of aromatic nitrogens is 2. The summed E-state index contributed by atoms with van der Waals surface area (Å²) in [4.78, 5) is 17.8. The van der Waals surface area contributed by atoms with Gasteiger partial charge in [-0.2, -0.15) is 0 Å². The standard InChI is InChI=1S/C15H12N2O2.C6H17N3/c1-19-12-5-2-10(3-6-12)11-4-7-13-14(8-11)17-15(9-18)16-13;1-9-5-6(8)3-2-4-7/h2-9H,1H3,(H,16,17);6,9H,2-5,7-8H2,1H3. The number of carbonyl (C=O) groups is 1. The van der Waals surface area contributed by atoms with Crippen molar-refractivity contribution in [2.24, 2.45) is 11.5 Å². The van der Waals surface area contributed by atoms with Crippen molar-refractivity contribution in [2.45, 2.75) is 18.9 Å². The molecule has 0 aliphatic rings. The number of methoxy groups -OCH3 is 1. The molecule has 2 aromatic carbocycles. The highest BCUT2D eigenvalue weighted by atomic mass is 16.5. The average Bonchev–Trinajstić information content (AvgIpc) is 3.15. The molecule has 0 fully saturated rings. The molecule has 0 radical (unpaired) electrons. The lowest BCUT2D eigenvalue weighted by Crippen LogP contribution is -2.32. The van der Waals surface area contributed by atoms with Crippen LogP contribution in [0.4, 0.5) is 0 Å². The van der Waals surface area contributed by atoms with E-state index in [0.29, 0.717) is 12.1 Å². The summed E-state index contributed by atoms with van der Waals surface area (Å²) in [7, 11) is 3.55. The quantitative estimate of drug-likeness (QED) is 0.443. The molecule has 1 atom stereocenters. The lowest BCUT2D eigenvalue weighted by atomic mass is 10.1. The molecule has 6 N–H and O–H groups in total. The normalized spacial score (nSPS) is 11.6. The first-order valence-corrected chi connectivity index (χ1v) is 9.30. The summed E-state index contributed by atoms with van der Waals surface area (Å²) in [5.74, 6) is 1.18. The van der Waals surface area contributed by atoms with Crippen molar-refractivity contribution in [2.75, 3.05) is 27.2 Å². The van der Waals surface area contributed by atoms with Crippen molar-refractivity contribution in [3.8, 4) is 16.9 Å². The number of likely N-dealkylation sites (N-methyl/N-ethyl adjacent to an activating group) is 1. The number of ether oxygens (including phenoxy) is 1. The molecule has 0 saturated heterocycles. The van der Waals surface area contributed by atoms with E-state index >= 15 is 0 Å². The first-order valence-electron chi connectivity index (χ1n) is 9.30. The second kappa shape index (κ2) is 11.2. The number of imidazole rings is 1. The van der Waals surface area contributed by atoms with Gasteiger partial charge in [0.25, 0.3) is 0 Å². The van der Waals surface area contributed by atoms with Crippen LogP contribution in [0.25, 0.3) is 22.2 Å². The molecule has 1 heterocycles. The SMILES string of the molecule is CNCC(N)CCCN.COc1ccc(-c2ccc3nc(C=O)[nH]c3c2)cc1. The molecule has 0 aliphatic carbocycles. The smallest absolute Gasteiger partial charge is 0.185 e. The van der Waals surface area contributed by atoms with E-state index in [1.54, 1.807) is 7.11 Å². The van der Waals surface area contributed by atoms with Gasteiger partial charge in [0.05, 0.1) is 18.1 Å². The van der Waals surface area contributed by atoms with Crippen LogP contribution in [0.3, 0.4) is 0 Å². The first kappa shape index (κ1) is 21.6. The Morgan fingerprint density at radius 3 is 2.54 bits per heavy atom. The highest BCUT2D eigenvalue weighted by Crippen LogP contribution is 2.25. The number of benzene rings is 2. The molecule has 0 spiro atoms. The van der Waals surface area contributed by atoms with Gasteiger partial charge in [0.1, 0.15) is 5.75 Å². The Labute approximate surface area is 165 Å². The molecule has 3 aromatic rings. The van der Waals surface area contributed by atoms with E-state index < -0.39 is 0 Å². The number of fused-ring (bicyclic) bond motifs is 1. The average molecular weight is 383 g/mol. The lowest BCUT2D eigenvalue weighted by molar-refractivity contribution is 0.111. The number of H-pyrrole nitrogens is 1. The van der Waals surface area contributed by atoms with E-state index in [4.69, 9.17) is 16.2 Å². The predicted octanol–water partition coefficient (Wildman–Crippen LogP) is 2.32.